The van der Waals surface area contributed by atoms with Crippen LogP contribution in [0.4, 0.5) is 0 Å². The van der Waals surface area contributed by atoms with E-state index in [1.165, 1.54) is 6.42 Å². The number of hydrogen-bond donors (Lipinski definition) is 0. The molecule has 0 aliphatic rings. The van der Waals surface area contributed by atoms with Gasteiger partial charge in [-0.15, -0.1) is 0 Å². The van der Waals surface area contributed by atoms with Crippen molar-refractivity contribution in [1.29, 1.82) is 0 Å². The fraction of sp³-hybridized carbons (Fsp3) is 1.00. The van der Waals surface area contributed by atoms with Crippen LogP contribution in [0.5, 0.6) is 0 Å². The molecule has 1 unspecified atom stereocenters. The van der Waals surface area contributed by atoms with Crippen molar-refractivity contribution in [2.24, 2.45) is 11.8 Å². The molecule has 0 bridgehead atoms. The van der Waals surface area contributed by atoms with Crippen molar-refractivity contribution in [3.8, 4) is 0 Å². The van der Waals surface area contributed by atoms with Crippen LogP contribution in [0, 0.1) is 11.8 Å². The minimum absolute atomic E-state index is 0.792. The first-order valence-corrected chi connectivity index (χ1v) is 3.67. The van der Waals surface area contributed by atoms with Gasteiger partial charge in [-0.25, -0.2) is 0 Å². The Labute approximate surface area is 58.4 Å². The van der Waals surface area contributed by atoms with Crippen LogP contribution in [0.25, 0.3) is 0 Å². The van der Waals surface area contributed by atoms with Gasteiger partial charge in [-0.2, -0.15) is 0 Å². The SMILES string of the molecule is COCCC(C)C(C)C. The fourth-order valence-corrected chi connectivity index (χ4v) is 0.637. The summed E-state index contributed by atoms with van der Waals surface area (Å²) in [5, 5.41) is 0. The Morgan fingerprint density at radius 2 is 1.78 bits per heavy atom. The zero-order valence-corrected chi connectivity index (χ0v) is 6.98. The summed E-state index contributed by atoms with van der Waals surface area (Å²) < 4.78 is 4.96. The molecule has 56 valence electrons. The average Bonchev–Trinajstić information content (AvgIpc) is 1.82. The van der Waals surface area contributed by atoms with Gasteiger partial charge in [-0.3, -0.25) is 0 Å². The number of methoxy groups -OCH3 is 1. The van der Waals surface area contributed by atoms with E-state index in [0.29, 0.717) is 0 Å². The van der Waals surface area contributed by atoms with Gasteiger partial charge in [0.2, 0.25) is 0 Å². The molecule has 0 aromatic rings. The first kappa shape index (κ1) is 8.96. The number of ether oxygens (including phenoxy) is 1. The van der Waals surface area contributed by atoms with Crippen LogP contribution in [0.1, 0.15) is 27.2 Å². The molecule has 1 atom stereocenters. The lowest BCUT2D eigenvalue weighted by molar-refractivity contribution is 0.170. The van der Waals surface area contributed by atoms with Gasteiger partial charge in [0.05, 0.1) is 0 Å². The topological polar surface area (TPSA) is 9.23 Å². The molecule has 0 saturated carbocycles. The second kappa shape index (κ2) is 4.80. The Hall–Kier alpha value is -0.0400. The molecule has 0 aromatic heterocycles. The third-order valence-electron chi connectivity index (χ3n) is 1.92. The molecule has 0 radical (unpaired) electrons. The van der Waals surface area contributed by atoms with Gasteiger partial charge in [0.25, 0.3) is 0 Å². The van der Waals surface area contributed by atoms with Crippen molar-refractivity contribution in [1.82, 2.24) is 0 Å². The summed E-state index contributed by atoms with van der Waals surface area (Å²) in [6.45, 7) is 7.67. The Morgan fingerprint density at radius 1 is 1.22 bits per heavy atom. The highest BCUT2D eigenvalue weighted by Gasteiger charge is 2.04. The van der Waals surface area contributed by atoms with Crippen LogP contribution in [-0.4, -0.2) is 13.7 Å². The van der Waals surface area contributed by atoms with Crippen LogP contribution >= 0.6 is 0 Å². The summed E-state index contributed by atoms with van der Waals surface area (Å²) in [6, 6.07) is 0. The minimum Gasteiger partial charge on any atom is -0.385 e. The molecule has 0 rings (SSSR count). The van der Waals surface area contributed by atoms with Crippen molar-refractivity contribution >= 4 is 0 Å². The molecule has 0 amide bonds. The van der Waals surface area contributed by atoms with Gasteiger partial charge in [-0.1, -0.05) is 20.8 Å². The maximum absolute atomic E-state index is 4.96. The summed E-state index contributed by atoms with van der Waals surface area (Å²) in [5.41, 5.74) is 0. The van der Waals surface area contributed by atoms with E-state index >= 15 is 0 Å². The normalized spacial score (nSPS) is 14.3. The standard InChI is InChI=1S/C8H18O/c1-7(2)8(3)5-6-9-4/h7-8H,5-6H2,1-4H3. The van der Waals surface area contributed by atoms with E-state index in [4.69, 9.17) is 4.74 Å². The molecule has 0 aliphatic carbocycles. The molecule has 0 heterocycles. The second-order valence-corrected chi connectivity index (χ2v) is 3.00. The lowest BCUT2D eigenvalue weighted by Crippen LogP contribution is -2.06. The van der Waals surface area contributed by atoms with E-state index in [9.17, 15) is 0 Å². The number of rotatable bonds is 4. The van der Waals surface area contributed by atoms with Gasteiger partial charge >= 0.3 is 0 Å². The summed E-state index contributed by atoms with van der Waals surface area (Å²) in [7, 11) is 1.76. The first-order valence-electron chi connectivity index (χ1n) is 3.67. The van der Waals surface area contributed by atoms with E-state index in [1.807, 2.05) is 0 Å². The predicted octanol–water partition coefficient (Wildman–Crippen LogP) is 2.32. The smallest absolute Gasteiger partial charge is 0.0464 e. The van der Waals surface area contributed by atoms with E-state index in [2.05, 4.69) is 20.8 Å². The highest BCUT2D eigenvalue weighted by molar-refractivity contribution is 4.55. The largest absolute Gasteiger partial charge is 0.385 e. The molecule has 0 aromatic carbocycles. The van der Waals surface area contributed by atoms with Crippen LogP contribution in [0.2, 0.25) is 0 Å². The maximum atomic E-state index is 4.96. The zero-order valence-electron chi connectivity index (χ0n) is 6.98. The van der Waals surface area contributed by atoms with Gasteiger partial charge < -0.3 is 4.74 Å². The van der Waals surface area contributed by atoms with E-state index < -0.39 is 0 Å². The van der Waals surface area contributed by atoms with E-state index in [-0.39, 0.29) is 0 Å². The van der Waals surface area contributed by atoms with Gasteiger partial charge in [0.1, 0.15) is 0 Å². The maximum Gasteiger partial charge on any atom is 0.0464 e. The molecule has 1 nitrogen and oxygen atoms in total. The highest BCUT2D eigenvalue weighted by Crippen LogP contribution is 2.12. The number of hydrogen-bond acceptors (Lipinski definition) is 1. The van der Waals surface area contributed by atoms with Crippen LogP contribution in [0.15, 0.2) is 0 Å². The van der Waals surface area contributed by atoms with Gasteiger partial charge in [0, 0.05) is 13.7 Å². The van der Waals surface area contributed by atoms with Crippen molar-refractivity contribution < 1.29 is 4.74 Å². The Bertz CT molecular complexity index is 59.6. The lowest BCUT2D eigenvalue weighted by atomic mass is 9.95. The Balaban J connectivity index is 3.16. The summed E-state index contributed by atoms with van der Waals surface area (Å²) in [4.78, 5) is 0. The van der Waals surface area contributed by atoms with Crippen LogP contribution < -0.4 is 0 Å². The highest BCUT2D eigenvalue weighted by atomic mass is 16.5. The monoisotopic (exact) mass is 130 g/mol. The van der Waals surface area contributed by atoms with Crippen LogP contribution in [0.3, 0.4) is 0 Å². The second-order valence-electron chi connectivity index (χ2n) is 3.00. The molecule has 1 heteroatoms. The summed E-state index contributed by atoms with van der Waals surface area (Å²) in [5.74, 6) is 1.59. The Morgan fingerprint density at radius 3 is 2.11 bits per heavy atom. The van der Waals surface area contributed by atoms with E-state index in [0.717, 1.165) is 18.4 Å². The molecule has 9 heavy (non-hydrogen) atoms. The molecular weight excluding hydrogens is 112 g/mol. The molecule has 0 spiro atoms. The third-order valence-corrected chi connectivity index (χ3v) is 1.92. The minimum atomic E-state index is 0.792. The third kappa shape index (κ3) is 4.46. The molecule has 0 N–H and O–H groups in total. The quantitative estimate of drug-likeness (QED) is 0.567. The zero-order chi connectivity index (χ0) is 7.28. The van der Waals surface area contributed by atoms with Crippen molar-refractivity contribution in [2.75, 3.05) is 13.7 Å². The van der Waals surface area contributed by atoms with Crippen molar-refractivity contribution in [3.05, 3.63) is 0 Å². The van der Waals surface area contributed by atoms with Crippen LogP contribution in [-0.2, 0) is 4.74 Å². The van der Waals surface area contributed by atoms with E-state index in [1.54, 1.807) is 7.11 Å². The van der Waals surface area contributed by atoms with Crippen molar-refractivity contribution in [3.63, 3.8) is 0 Å². The molecule has 0 fully saturated rings. The average molecular weight is 130 g/mol. The fourth-order valence-electron chi connectivity index (χ4n) is 0.637. The summed E-state index contributed by atoms with van der Waals surface area (Å²) in [6.07, 6.45) is 1.19. The predicted molar refractivity (Wildman–Crippen MR) is 40.5 cm³/mol. The van der Waals surface area contributed by atoms with Crippen molar-refractivity contribution in [2.45, 2.75) is 27.2 Å². The molecule has 0 saturated heterocycles. The van der Waals surface area contributed by atoms with Gasteiger partial charge in [0.15, 0.2) is 0 Å². The molecule has 0 aliphatic heterocycles. The van der Waals surface area contributed by atoms with Gasteiger partial charge in [-0.05, 0) is 18.3 Å². The summed E-state index contributed by atoms with van der Waals surface area (Å²) >= 11 is 0. The molecular formula is C8H18O. The lowest BCUT2D eigenvalue weighted by Gasteiger charge is -2.13. The Kier molecular flexibility index (Phi) is 4.78. The first-order chi connectivity index (χ1) is 4.18.